The molecule has 2 nitrogen and oxygen atoms in total. The molecule has 0 aliphatic rings. The van der Waals surface area contributed by atoms with Gasteiger partial charge in [0.1, 0.15) is 5.75 Å². The molecule has 0 fully saturated rings. The molecule has 0 aromatic heterocycles. The van der Waals surface area contributed by atoms with Crippen molar-refractivity contribution < 1.29 is 17.9 Å². The summed E-state index contributed by atoms with van der Waals surface area (Å²) in [5.74, 6) is -0.288. The summed E-state index contributed by atoms with van der Waals surface area (Å²) in [6.07, 6.45) is -4.76. The van der Waals surface area contributed by atoms with E-state index in [1.165, 1.54) is 17.7 Å². The molecular formula is C24H23ClF3NO. The van der Waals surface area contributed by atoms with Crippen LogP contribution in [0.3, 0.4) is 0 Å². The summed E-state index contributed by atoms with van der Waals surface area (Å²) in [6, 6.07) is 19.6. The molecule has 30 heavy (non-hydrogen) atoms. The molecule has 0 atom stereocenters. The predicted octanol–water partition coefficient (Wildman–Crippen LogP) is 7.82. The Labute approximate surface area is 179 Å². The van der Waals surface area contributed by atoms with Gasteiger partial charge >= 0.3 is 6.36 Å². The molecule has 0 radical (unpaired) electrons. The third-order valence-corrected chi connectivity index (χ3v) is 5.02. The number of halogens is 4. The number of ether oxygens (including phenoxy) is 1. The number of rotatable bonds is 5. The standard InChI is InChI=1S/C24H23ClF3NO/c1-23(2,3)17-10-8-16(9-11-17)15-29-22-14-18(30-24(26,27)28)12-13-20(22)19-6-4-5-7-21(19)25/h4-14,29H,15H2,1-3H3. The van der Waals surface area contributed by atoms with E-state index in [1.807, 2.05) is 24.3 Å². The molecule has 3 aromatic carbocycles. The Bertz CT molecular complexity index is 1010. The van der Waals surface area contributed by atoms with Gasteiger partial charge in [-0.15, -0.1) is 13.2 Å². The van der Waals surface area contributed by atoms with Gasteiger partial charge < -0.3 is 10.1 Å². The second-order valence-corrected chi connectivity index (χ2v) is 8.44. The van der Waals surface area contributed by atoms with Crippen LogP contribution in [0.1, 0.15) is 31.9 Å². The average molecular weight is 434 g/mol. The fourth-order valence-corrected chi connectivity index (χ4v) is 3.34. The Kier molecular flexibility index (Phi) is 6.32. The summed E-state index contributed by atoms with van der Waals surface area (Å²) >= 11 is 6.32. The molecule has 0 spiro atoms. The maximum atomic E-state index is 12.7. The van der Waals surface area contributed by atoms with Crippen molar-refractivity contribution in [3.8, 4) is 16.9 Å². The third-order valence-electron chi connectivity index (χ3n) is 4.69. The fourth-order valence-electron chi connectivity index (χ4n) is 3.10. The van der Waals surface area contributed by atoms with E-state index in [2.05, 4.69) is 43.0 Å². The SMILES string of the molecule is CC(C)(C)c1ccc(CNc2cc(OC(F)(F)F)ccc2-c2ccccc2Cl)cc1. The van der Waals surface area contributed by atoms with Gasteiger partial charge in [-0.25, -0.2) is 0 Å². The van der Waals surface area contributed by atoms with Crippen molar-refractivity contribution in [2.45, 2.75) is 39.1 Å². The second-order valence-electron chi connectivity index (χ2n) is 8.04. The number of hydrogen-bond donors (Lipinski definition) is 1. The molecule has 3 aromatic rings. The molecule has 0 amide bonds. The van der Waals surface area contributed by atoms with Crippen molar-refractivity contribution in [3.05, 3.63) is 82.9 Å². The van der Waals surface area contributed by atoms with Crippen molar-refractivity contribution in [3.63, 3.8) is 0 Å². The summed E-state index contributed by atoms with van der Waals surface area (Å²) < 4.78 is 42.1. The first kappa shape index (κ1) is 22.0. The summed E-state index contributed by atoms with van der Waals surface area (Å²) in [4.78, 5) is 0. The van der Waals surface area contributed by atoms with Crippen LogP contribution in [0, 0.1) is 0 Å². The first-order chi connectivity index (χ1) is 14.0. The van der Waals surface area contributed by atoms with Crippen molar-refractivity contribution in [2.75, 3.05) is 5.32 Å². The lowest BCUT2D eigenvalue weighted by molar-refractivity contribution is -0.274. The number of anilines is 1. The van der Waals surface area contributed by atoms with Gasteiger partial charge in [0.05, 0.1) is 0 Å². The van der Waals surface area contributed by atoms with Gasteiger partial charge in [0, 0.05) is 34.4 Å². The number of nitrogens with one attached hydrogen (secondary N) is 1. The molecule has 0 saturated heterocycles. The molecule has 6 heteroatoms. The largest absolute Gasteiger partial charge is 0.573 e. The zero-order valence-corrected chi connectivity index (χ0v) is 17.7. The second kappa shape index (κ2) is 8.60. The van der Waals surface area contributed by atoms with Crippen LogP contribution in [0.5, 0.6) is 5.75 Å². The van der Waals surface area contributed by atoms with E-state index in [-0.39, 0.29) is 11.2 Å². The Hall–Kier alpha value is -2.66. The first-order valence-electron chi connectivity index (χ1n) is 9.51. The molecule has 0 saturated carbocycles. The Morgan fingerprint density at radius 1 is 0.867 bits per heavy atom. The molecule has 1 N–H and O–H groups in total. The van der Waals surface area contributed by atoms with Crippen LogP contribution in [0.15, 0.2) is 66.7 Å². The van der Waals surface area contributed by atoms with Crippen LogP contribution in [-0.2, 0) is 12.0 Å². The van der Waals surface area contributed by atoms with Gasteiger partial charge in [0.2, 0.25) is 0 Å². The quantitative estimate of drug-likeness (QED) is 0.443. The topological polar surface area (TPSA) is 21.3 Å². The van der Waals surface area contributed by atoms with Crippen molar-refractivity contribution in [2.24, 2.45) is 0 Å². The number of benzene rings is 3. The molecular weight excluding hydrogens is 411 g/mol. The Morgan fingerprint density at radius 2 is 1.53 bits per heavy atom. The lowest BCUT2D eigenvalue weighted by atomic mass is 9.87. The van der Waals surface area contributed by atoms with Crippen LogP contribution >= 0.6 is 11.6 Å². The fraction of sp³-hybridized carbons (Fsp3) is 0.250. The number of alkyl halides is 3. The van der Waals surface area contributed by atoms with E-state index < -0.39 is 6.36 Å². The molecule has 0 unspecified atom stereocenters. The minimum absolute atomic E-state index is 0.0481. The van der Waals surface area contributed by atoms with E-state index in [1.54, 1.807) is 18.2 Å². The Balaban J connectivity index is 1.90. The molecule has 158 valence electrons. The molecule has 0 bridgehead atoms. The summed E-state index contributed by atoms with van der Waals surface area (Å²) in [6.45, 7) is 6.87. The van der Waals surface area contributed by atoms with Crippen molar-refractivity contribution in [1.29, 1.82) is 0 Å². The molecule has 0 heterocycles. The lowest BCUT2D eigenvalue weighted by Crippen LogP contribution is -2.17. The van der Waals surface area contributed by atoms with Crippen LogP contribution in [0.4, 0.5) is 18.9 Å². The molecule has 0 aliphatic heterocycles. The summed E-state index contributed by atoms with van der Waals surface area (Å²) in [7, 11) is 0. The number of hydrogen-bond acceptors (Lipinski definition) is 2. The zero-order chi connectivity index (χ0) is 21.9. The highest BCUT2D eigenvalue weighted by atomic mass is 35.5. The van der Waals surface area contributed by atoms with Gasteiger partial charge in [-0.1, -0.05) is 74.8 Å². The van der Waals surface area contributed by atoms with E-state index in [9.17, 15) is 13.2 Å². The minimum Gasteiger partial charge on any atom is -0.406 e. The highest BCUT2D eigenvalue weighted by molar-refractivity contribution is 6.33. The summed E-state index contributed by atoms with van der Waals surface area (Å²) in [5.41, 5.74) is 4.19. The van der Waals surface area contributed by atoms with Gasteiger partial charge in [-0.3, -0.25) is 0 Å². The minimum atomic E-state index is -4.76. The Morgan fingerprint density at radius 3 is 2.13 bits per heavy atom. The normalized spacial score (nSPS) is 12.0. The van der Waals surface area contributed by atoms with E-state index in [4.69, 9.17) is 11.6 Å². The van der Waals surface area contributed by atoms with E-state index in [0.29, 0.717) is 22.8 Å². The maximum absolute atomic E-state index is 12.7. The van der Waals surface area contributed by atoms with Crippen molar-refractivity contribution >= 4 is 17.3 Å². The van der Waals surface area contributed by atoms with Crippen LogP contribution in [0.2, 0.25) is 5.02 Å². The highest BCUT2D eigenvalue weighted by Crippen LogP contribution is 2.37. The zero-order valence-electron chi connectivity index (χ0n) is 17.0. The molecule has 0 aliphatic carbocycles. The average Bonchev–Trinajstić information content (AvgIpc) is 2.65. The summed E-state index contributed by atoms with van der Waals surface area (Å²) in [5, 5.41) is 3.75. The lowest BCUT2D eigenvalue weighted by Gasteiger charge is -2.20. The smallest absolute Gasteiger partial charge is 0.406 e. The van der Waals surface area contributed by atoms with E-state index in [0.717, 1.165) is 11.1 Å². The van der Waals surface area contributed by atoms with Gasteiger partial charge in [-0.05, 0) is 34.7 Å². The highest BCUT2D eigenvalue weighted by Gasteiger charge is 2.31. The van der Waals surface area contributed by atoms with Crippen molar-refractivity contribution in [1.82, 2.24) is 0 Å². The monoisotopic (exact) mass is 433 g/mol. The van der Waals surface area contributed by atoms with Gasteiger partial charge in [0.15, 0.2) is 0 Å². The van der Waals surface area contributed by atoms with Gasteiger partial charge in [-0.2, -0.15) is 0 Å². The molecule has 3 rings (SSSR count). The van der Waals surface area contributed by atoms with Crippen LogP contribution in [0.25, 0.3) is 11.1 Å². The third kappa shape index (κ3) is 5.70. The van der Waals surface area contributed by atoms with Gasteiger partial charge in [0.25, 0.3) is 0 Å². The van der Waals surface area contributed by atoms with Crippen LogP contribution in [-0.4, -0.2) is 6.36 Å². The van der Waals surface area contributed by atoms with Crippen LogP contribution < -0.4 is 10.1 Å². The first-order valence-corrected chi connectivity index (χ1v) is 9.89. The maximum Gasteiger partial charge on any atom is 0.573 e. The predicted molar refractivity (Wildman–Crippen MR) is 116 cm³/mol. The van der Waals surface area contributed by atoms with E-state index >= 15 is 0 Å².